The van der Waals surface area contributed by atoms with Crippen LogP contribution in [0.15, 0.2) is 22.2 Å². The lowest BCUT2D eigenvalue weighted by atomic mass is 9.99. The van der Waals surface area contributed by atoms with E-state index in [2.05, 4.69) is 25.1 Å². The summed E-state index contributed by atoms with van der Waals surface area (Å²) in [6, 6.07) is 1.56. The highest BCUT2D eigenvalue weighted by Gasteiger charge is 2.21. The van der Waals surface area contributed by atoms with Gasteiger partial charge in [-0.3, -0.25) is 4.79 Å². The lowest BCUT2D eigenvalue weighted by Gasteiger charge is -2.21. The second kappa shape index (κ2) is 7.18. The summed E-state index contributed by atoms with van der Waals surface area (Å²) in [5.74, 6) is 2.41. The first-order chi connectivity index (χ1) is 11.2. The first-order valence-corrected chi connectivity index (χ1v) is 8.66. The Kier molecular flexibility index (Phi) is 5.02. The Labute approximate surface area is 138 Å². The summed E-state index contributed by atoms with van der Waals surface area (Å²) in [4.78, 5) is 14.8. The Morgan fingerprint density at radius 1 is 1.48 bits per heavy atom. The number of aromatic amines is 1. The molecule has 1 aliphatic heterocycles. The summed E-state index contributed by atoms with van der Waals surface area (Å²) in [5.41, 5.74) is 0.721. The van der Waals surface area contributed by atoms with E-state index >= 15 is 0 Å². The molecular formula is C15H21N5O2S. The van der Waals surface area contributed by atoms with Gasteiger partial charge in [-0.15, -0.1) is 10.2 Å². The Balaban J connectivity index is 1.68. The molecule has 23 heavy (non-hydrogen) atoms. The van der Waals surface area contributed by atoms with Crippen LogP contribution in [-0.4, -0.2) is 39.9 Å². The zero-order valence-corrected chi connectivity index (χ0v) is 14.2. The monoisotopic (exact) mass is 335 g/mol. The molecule has 1 aliphatic rings. The average Bonchev–Trinajstić information content (AvgIpc) is 2.94. The summed E-state index contributed by atoms with van der Waals surface area (Å²) >= 11 is 1.57. The molecule has 0 saturated carbocycles. The Morgan fingerprint density at radius 2 is 2.35 bits per heavy atom. The summed E-state index contributed by atoms with van der Waals surface area (Å²) < 4.78 is 7.03. The van der Waals surface area contributed by atoms with Gasteiger partial charge in [0.05, 0.1) is 7.11 Å². The van der Waals surface area contributed by atoms with Crippen molar-refractivity contribution < 1.29 is 4.74 Å². The summed E-state index contributed by atoms with van der Waals surface area (Å²) in [7, 11) is 3.49. The first kappa shape index (κ1) is 16.1. The maximum absolute atomic E-state index is 11.8. The van der Waals surface area contributed by atoms with Gasteiger partial charge in [-0.05, 0) is 19.4 Å². The van der Waals surface area contributed by atoms with Gasteiger partial charge in [-0.25, -0.2) is 0 Å². The number of thioether (sulfide) groups is 1. The van der Waals surface area contributed by atoms with E-state index in [1.807, 2.05) is 7.05 Å². The van der Waals surface area contributed by atoms with Crippen molar-refractivity contribution in [2.75, 3.05) is 20.2 Å². The second-order valence-electron chi connectivity index (χ2n) is 5.62. The Morgan fingerprint density at radius 3 is 3.04 bits per heavy atom. The maximum atomic E-state index is 11.8. The van der Waals surface area contributed by atoms with E-state index in [1.165, 1.54) is 13.5 Å². The summed E-state index contributed by atoms with van der Waals surface area (Å²) in [5, 5.41) is 12.9. The molecule has 2 aromatic rings. The highest BCUT2D eigenvalue weighted by atomic mass is 32.2. The fraction of sp³-hybridized carbons (Fsp3) is 0.533. The van der Waals surface area contributed by atoms with Crippen molar-refractivity contribution in [2.45, 2.75) is 29.7 Å². The molecule has 0 aliphatic carbocycles. The van der Waals surface area contributed by atoms with Gasteiger partial charge in [-0.1, -0.05) is 11.8 Å². The standard InChI is InChI=1S/C15H21N5O2S/c1-20-14(10-4-3-5-16-7-10)18-19-15(20)23-9-11-6-12(21)13(22-2)8-17-11/h6,8,10,16H,3-5,7,9H2,1-2H3,(H,17,21)/t10-/m0/s1. The van der Waals surface area contributed by atoms with Crippen molar-refractivity contribution >= 4 is 11.8 Å². The molecule has 7 nitrogen and oxygen atoms in total. The zero-order chi connectivity index (χ0) is 16.2. The minimum Gasteiger partial charge on any atom is -0.491 e. The van der Waals surface area contributed by atoms with Crippen LogP contribution in [0.25, 0.3) is 0 Å². The van der Waals surface area contributed by atoms with Crippen LogP contribution >= 0.6 is 11.8 Å². The molecule has 1 atom stereocenters. The fourth-order valence-corrected chi connectivity index (χ4v) is 3.60. The fourth-order valence-electron chi connectivity index (χ4n) is 2.77. The van der Waals surface area contributed by atoms with E-state index in [4.69, 9.17) is 4.74 Å². The predicted molar refractivity (Wildman–Crippen MR) is 89.0 cm³/mol. The number of rotatable bonds is 5. The van der Waals surface area contributed by atoms with Gasteiger partial charge in [0.2, 0.25) is 5.43 Å². The lowest BCUT2D eigenvalue weighted by Crippen LogP contribution is -2.29. The number of aromatic nitrogens is 4. The number of ether oxygens (including phenoxy) is 1. The number of nitrogens with one attached hydrogen (secondary N) is 2. The Bertz CT molecular complexity index is 721. The number of hydrogen-bond donors (Lipinski definition) is 2. The molecule has 124 valence electrons. The summed E-state index contributed by atoms with van der Waals surface area (Å²) in [6.07, 6.45) is 3.91. The van der Waals surface area contributed by atoms with Gasteiger partial charge in [0.15, 0.2) is 10.9 Å². The third-order valence-corrected chi connectivity index (χ3v) is 5.11. The number of piperidine rings is 1. The van der Waals surface area contributed by atoms with Crippen LogP contribution in [0, 0.1) is 0 Å². The number of nitrogens with zero attached hydrogens (tertiary/aromatic N) is 3. The van der Waals surface area contributed by atoms with Crippen LogP contribution in [0.3, 0.4) is 0 Å². The molecular weight excluding hydrogens is 314 g/mol. The molecule has 0 radical (unpaired) electrons. The number of pyridine rings is 1. The molecule has 0 spiro atoms. The van der Waals surface area contributed by atoms with Crippen LogP contribution in [0.4, 0.5) is 0 Å². The van der Waals surface area contributed by atoms with Crippen molar-refractivity contribution in [3.05, 3.63) is 34.0 Å². The van der Waals surface area contributed by atoms with Crippen molar-refractivity contribution in [3.8, 4) is 5.75 Å². The topological polar surface area (TPSA) is 84.8 Å². The van der Waals surface area contributed by atoms with E-state index in [0.717, 1.165) is 36.2 Å². The number of methoxy groups -OCH3 is 1. The minimum absolute atomic E-state index is 0.117. The van der Waals surface area contributed by atoms with Gasteiger partial charge in [0, 0.05) is 43.2 Å². The van der Waals surface area contributed by atoms with Gasteiger partial charge in [0.1, 0.15) is 5.82 Å². The molecule has 0 aromatic carbocycles. The van der Waals surface area contributed by atoms with Gasteiger partial charge in [-0.2, -0.15) is 0 Å². The Hall–Kier alpha value is -1.80. The summed E-state index contributed by atoms with van der Waals surface area (Å²) in [6.45, 7) is 2.04. The van der Waals surface area contributed by atoms with Crippen LogP contribution < -0.4 is 15.5 Å². The van der Waals surface area contributed by atoms with Crippen molar-refractivity contribution in [1.29, 1.82) is 0 Å². The van der Waals surface area contributed by atoms with E-state index < -0.39 is 0 Å². The van der Waals surface area contributed by atoms with Crippen LogP contribution in [-0.2, 0) is 12.8 Å². The predicted octanol–water partition coefficient (Wildman–Crippen LogP) is 1.27. The molecule has 0 bridgehead atoms. The van der Waals surface area contributed by atoms with E-state index in [-0.39, 0.29) is 5.43 Å². The third kappa shape index (κ3) is 3.59. The van der Waals surface area contributed by atoms with Gasteiger partial charge >= 0.3 is 0 Å². The minimum atomic E-state index is -0.117. The normalized spacial score (nSPS) is 18.1. The molecule has 3 rings (SSSR count). The molecule has 0 amide bonds. The highest BCUT2D eigenvalue weighted by molar-refractivity contribution is 7.98. The van der Waals surface area contributed by atoms with Crippen LogP contribution in [0.5, 0.6) is 5.75 Å². The van der Waals surface area contributed by atoms with Crippen molar-refractivity contribution in [1.82, 2.24) is 25.1 Å². The van der Waals surface area contributed by atoms with E-state index in [0.29, 0.717) is 17.4 Å². The highest BCUT2D eigenvalue weighted by Crippen LogP contribution is 2.26. The molecule has 8 heteroatoms. The number of H-pyrrole nitrogens is 1. The van der Waals surface area contributed by atoms with E-state index in [9.17, 15) is 4.79 Å². The average molecular weight is 335 g/mol. The maximum Gasteiger partial charge on any atom is 0.223 e. The lowest BCUT2D eigenvalue weighted by molar-refractivity contribution is 0.408. The van der Waals surface area contributed by atoms with Gasteiger partial charge < -0.3 is 19.6 Å². The molecule has 2 N–H and O–H groups in total. The quantitative estimate of drug-likeness (QED) is 0.801. The van der Waals surface area contributed by atoms with E-state index in [1.54, 1.807) is 24.0 Å². The molecule has 1 saturated heterocycles. The van der Waals surface area contributed by atoms with Crippen molar-refractivity contribution in [3.63, 3.8) is 0 Å². The molecule has 0 unspecified atom stereocenters. The third-order valence-electron chi connectivity index (χ3n) is 4.04. The first-order valence-electron chi connectivity index (χ1n) is 7.67. The second-order valence-corrected chi connectivity index (χ2v) is 6.57. The smallest absolute Gasteiger partial charge is 0.223 e. The van der Waals surface area contributed by atoms with Crippen LogP contribution in [0.1, 0.15) is 30.3 Å². The molecule has 2 aromatic heterocycles. The molecule has 3 heterocycles. The van der Waals surface area contributed by atoms with Gasteiger partial charge in [0.25, 0.3) is 0 Å². The van der Waals surface area contributed by atoms with Crippen molar-refractivity contribution in [2.24, 2.45) is 7.05 Å². The number of hydrogen-bond acceptors (Lipinski definition) is 6. The zero-order valence-electron chi connectivity index (χ0n) is 13.3. The molecule has 1 fully saturated rings. The largest absolute Gasteiger partial charge is 0.491 e. The van der Waals surface area contributed by atoms with Crippen LogP contribution in [0.2, 0.25) is 0 Å². The SMILES string of the molecule is COc1c[nH]c(CSc2nnc([C@H]3CCCNC3)n2C)cc1=O.